The van der Waals surface area contributed by atoms with Crippen molar-refractivity contribution in [1.82, 2.24) is 0 Å². The Morgan fingerprint density at radius 1 is 1.00 bits per heavy atom. The normalized spacial score (nSPS) is 18.2. The summed E-state index contributed by atoms with van der Waals surface area (Å²) in [5.41, 5.74) is 1.54. The molecule has 152 valence electrons. The highest BCUT2D eigenvalue weighted by atomic mass is 127. The van der Waals surface area contributed by atoms with Gasteiger partial charge in [-0.25, -0.2) is 4.57 Å². The molecule has 1 aliphatic heterocycles. The molecule has 0 unspecified atom stereocenters. The van der Waals surface area contributed by atoms with Gasteiger partial charge in [0.1, 0.15) is 12.6 Å². The summed E-state index contributed by atoms with van der Waals surface area (Å²) in [6, 6.07) is 5.28. The standard InChI is InChI=1S/C22H40N2.BrH.HI/c1-4-5-6-7-8-9-10-11-12-17-23-18-13-15-21(20-23)22-16-14-19-24(22,2)3;;/h13,15,18,20,22H,4-12,14,16-17,19H2,1-3H3;2*1H/q+2;;/p-2/t22-;;/m0../s1. The number of aryl methyl sites for hydroxylation is 1. The Morgan fingerprint density at radius 3 is 2.19 bits per heavy atom. The van der Waals surface area contributed by atoms with Crippen LogP contribution >= 0.6 is 0 Å². The van der Waals surface area contributed by atoms with E-state index >= 15 is 0 Å². The van der Waals surface area contributed by atoms with Crippen molar-refractivity contribution in [3.05, 3.63) is 30.1 Å². The summed E-state index contributed by atoms with van der Waals surface area (Å²) in [4.78, 5) is 0. The minimum Gasteiger partial charge on any atom is -1.00 e. The molecule has 2 rings (SSSR count). The molecule has 0 radical (unpaired) electrons. The first-order chi connectivity index (χ1) is 11.6. The zero-order valence-corrected chi connectivity index (χ0v) is 21.0. The first-order valence-electron chi connectivity index (χ1n) is 10.4. The minimum atomic E-state index is 0. The van der Waals surface area contributed by atoms with Crippen LogP contribution in [0.2, 0.25) is 0 Å². The van der Waals surface area contributed by atoms with E-state index < -0.39 is 0 Å². The Labute approximate surface area is 190 Å². The number of likely N-dealkylation sites (tertiary alicyclic amines) is 1. The van der Waals surface area contributed by atoms with Gasteiger partial charge in [0, 0.05) is 25.3 Å². The molecule has 2 nitrogen and oxygen atoms in total. The quantitative estimate of drug-likeness (QED) is 0.154. The van der Waals surface area contributed by atoms with Gasteiger partial charge in [0.2, 0.25) is 0 Å². The number of nitrogens with zero attached hydrogens (tertiary/aromatic N) is 2. The number of hydrogen-bond donors (Lipinski definition) is 0. The highest BCUT2D eigenvalue weighted by Crippen LogP contribution is 2.35. The van der Waals surface area contributed by atoms with E-state index in [-0.39, 0.29) is 41.0 Å². The molecule has 1 aromatic heterocycles. The molecule has 1 aliphatic rings. The van der Waals surface area contributed by atoms with Gasteiger partial charge in [0.05, 0.1) is 26.2 Å². The Balaban J connectivity index is 0.00000312. The summed E-state index contributed by atoms with van der Waals surface area (Å²) in [6.45, 7) is 4.79. The van der Waals surface area contributed by atoms with Gasteiger partial charge in [-0.2, -0.15) is 0 Å². The van der Waals surface area contributed by atoms with Gasteiger partial charge in [-0.05, 0) is 12.5 Å². The summed E-state index contributed by atoms with van der Waals surface area (Å²) in [5.74, 6) is 0. The molecule has 0 aromatic carbocycles. The van der Waals surface area contributed by atoms with Gasteiger partial charge in [0.15, 0.2) is 12.4 Å². The van der Waals surface area contributed by atoms with Crippen LogP contribution in [0.5, 0.6) is 0 Å². The van der Waals surface area contributed by atoms with Crippen LogP contribution in [0.4, 0.5) is 0 Å². The lowest BCUT2D eigenvalue weighted by Crippen LogP contribution is -3.00. The fourth-order valence-corrected chi connectivity index (χ4v) is 4.25. The van der Waals surface area contributed by atoms with Gasteiger partial charge in [-0.15, -0.1) is 0 Å². The summed E-state index contributed by atoms with van der Waals surface area (Å²) < 4.78 is 3.58. The fraction of sp³-hybridized carbons (Fsp3) is 0.773. The molecule has 0 saturated carbocycles. The zero-order valence-electron chi connectivity index (χ0n) is 17.2. The van der Waals surface area contributed by atoms with E-state index in [1.807, 2.05) is 0 Å². The first-order valence-corrected chi connectivity index (χ1v) is 10.4. The van der Waals surface area contributed by atoms with Crippen LogP contribution < -0.4 is 45.5 Å². The van der Waals surface area contributed by atoms with Crippen molar-refractivity contribution in [2.45, 2.75) is 90.1 Å². The monoisotopic (exact) mass is 538 g/mol. The minimum absolute atomic E-state index is 0. The molecule has 1 atom stereocenters. The molecule has 1 aromatic rings. The molecule has 0 bridgehead atoms. The van der Waals surface area contributed by atoms with Crippen LogP contribution in [0.15, 0.2) is 24.5 Å². The lowest BCUT2D eigenvalue weighted by molar-refractivity contribution is -0.908. The first kappa shape index (κ1) is 26.3. The lowest BCUT2D eigenvalue weighted by Gasteiger charge is -2.31. The number of rotatable bonds is 11. The number of unbranched alkanes of at least 4 members (excludes halogenated alkanes) is 8. The number of hydrogen-bond acceptors (Lipinski definition) is 0. The van der Waals surface area contributed by atoms with Crippen LogP contribution in [0, 0.1) is 0 Å². The van der Waals surface area contributed by atoms with E-state index in [2.05, 4.69) is 50.1 Å². The smallest absolute Gasteiger partial charge is 0.177 e. The van der Waals surface area contributed by atoms with Crippen LogP contribution in [0.1, 0.15) is 89.2 Å². The van der Waals surface area contributed by atoms with Crippen molar-refractivity contribution < 1.29 is 50.0 Å². The largest absolute Gasteiger partial charge is 1.00 e. The zero-order chi connectivity index (χ0) is 17.3. The summed E-state index contributed by atoms with van der Waals surface area (Å²) in [6.07, 6.45) is 20.0. The Kier molecular flexibility index (Phi) is 14.5. The van der Waals surface area contributed by atoms with Gasteiger partial charge >= 0.3 is 0 Å². The number of quaternary nitrogens is 1. The van der Waals surface area contributed by atoms with Crippen LogP contribution in [0.3, 0.4) is 0 Å². The molecule has 0 spiro atoms. The number of aromatic nitrogens is 1. The van der Waals surface area contributed by atoms with Crippen molar-refractivity contribution in [3.63, 3.8) is 0 Å². The van der Waals surface area contributed by atoms with Gasteiger partial charge < -0.3 is 45.4 Å². The van der Waals surface area contributed by atoms with Crippen molar-refractivity contribution in [2.24, 2.45) is 0 Å². The average Bonchev–Trinajstić information content (AvgIpc) is 2.93. The van der Waals surface area contributed by atoms with E-state index in [1.54, 1.807) is 0 Å². The van der Waals surface area contributed by atoms with E-state index in [0.29, 0.717) is 6.04 Å². The second-order valence-electron chi connectivity index (χ2n) is 8.36. The highest BCUT2D eigenvalue weighted by Gasteiger charge is 2.36. The van der Waals surface area contributed by atoms with Gasteiger partial charge in [-0.1, -0.05) is 51.9 Å². The predicted molar refractivity (Wildman–Crippen MR) is 103 cm³/mol. The highest BCUT2D eigenvalue weighted by molar-refractivity contribution is 5.10. The Bertz CT molecular complexity index is 479. The van der Waals surface area contributed by atoms with Crippen LogP contribution in [0.25, 0.3) is 0 Å². The summed E-state index contributed by atoms with van der Waals surface area (Å²) in [5, 5.41) is 0. The third-order valence-corrected chi connectivity index (χ3v) is 5.84. The number of halogens is 2. The predicted octanol–water partition coefficient (Wildman–Crippen LogP) is -0.576. The maximum absolute atomic E-state index is 2.43. The fourth-order valence-electron chi connectivity index (χ4n) is 4.25. The third kappa shape index (κ3) is 9.01. The molecule has 0 aliphatic carbocycles. The van der Waals surface area contributed by atoms with Crippen LogP contribution in [-0.2, 0) is 6.54 Å². The van der Waals surface area contributed by atoms with E-state index in [0.717, 1.165) is 4.48 Å². The Morgan fingerprint density at radius 2 is 1.62 bits per heavy atom. The van der Waals surface area contributed by atoms with E-state index in [1.165, 1.54) is 89.3 Å². The summed E-state index contributed by atoms with van der Waals surface area (Å²) >= 11 is 0. The lowest BCUT2D eigenvalue weighted by atomic mass is 10.1. The molecular weight excluding hydrogens is 499 g/mol. The van der Waals surface area contributed by atoms with Crippen molar-refractivity contribution in [3.8, 4) is 0 Å². The van der Waals surface area contributed by atoms with Gasteiger partial charge in [0.25, 0.3) is 0 Å². The maximum atomic E-state index is 2.43. The van der Waals surface area contributed by atoms with E-state index in [4.69, 9.17) is 0 Å². The van der Waals surface area contributed by atoms with Crippen LogP contribution in [-0.4, -0.2) is 25.1 Å². The second kappa shape index (κ2) is 14.3. The van der Waals surface area contributed by atoms with Gasteiger partial charge in [-0.3, -0.25) is 0 Å². The molecule has 2 heterocycles. The maximum Gasteiger partial charge on any atom is 0.177 e. The summed E-state index contributed by atoms with van der Waals surface area (Å²) in [7, 11) is 4.77. The molecule has 0 N–H and O–H groups in total. The molecule has 1 saturated heterocycles. The van der Waals surface area contributed by atoms with Crippen molar-refractivity contribution in [2.75, 3.05) is 20.6 Å². The molecule has 1 fully saturated rings. The topological polar surface area (TPSA) is 3.88 Å². The molecular formula is C22H40BrIN2. The molecule has 26 heavy (non-hydrogen) atoms. The SMILES string of the molecule is CCCCCCCCCCC[n+]1cccc([C@@H]2CCC[N+]2(C)C)c1.[Br-].[I-]. The van der Waals surface area contributed by atoms with Crippen molar-refractivity contribution in [1.29, 1.82) is 0 Å². The molecule has 4 heteroatoms. The van der Waals surface area contributed by atoms with E-state index in [9.17, 15) is 0 Å². The number of pyridine rings is 1. The average molecular weight is 539 g/mol. The third-order valence-electron chi connectivity index (χ3n) is 5.84. The second-order valence-corrected chi connectivity index (χ2v) is 8.36. The Hall–Kier alpha value is 0.320. The molecule has 0 amide bonds. The van der Waals surface area contributed by atoms with Crippen molar-refractivity contribution >= 4 is 0 Å².